The SMILES string of the molecule is COc1cc(C(NN)c2ccc(Br)cn2)ccc1Cl. The van der Waals surface area contributed by atoms with Gasteiger partial charge in [0, 0.05) is 10.7 Å². The largest absolute Gasteiger partial charge is 0.495 e. The first-order valence-corrected chi connectivity index (χ1v) is 6.74. The van der Waals surface area contributed by atoms with Gasteiger partial charge < -0.3 is 4.74 Å². The maximum atomic E-state index is 6.01. The number of nitrogens with one attached hydrogen (secondary N) is 1. The van der Waals surface area contributed by atoms with E-state index in [1.54, 1.807) is 19.4 Å². The number of methoxy groups -OCH3 is 1. The maximum Gasteiger partial charge on any atom is 0.137 e. The van der Waals surface area contributed by atoms with Crippen LogP contribution in [0.25, 0.3) is 0 Å². The number of ether oxygens (including phenoxy) is 1. The molecule has 4 nitrogen and oxygen atoms in total. The second-order valence-electron chi connectivity index (χ2n) is 3.89. The van der Waals surface area contributed by atoms with Crippen molar-refractivity contribution in [1.29, 1.82) is 0 Å². The molecule has 0 spiro atoms. The number of hydrazine groups is 1. The number of hydrogen-bond donors (Lipinski definition) is 2. The topological polar surface area (TPSA) is 60.2 Å². The number of hydrogen-bond acceptors (Lipinski definition) is 4. The normalized spacial score (nSPS) is 12.2. The summed E-state index contributed by atoms with van der Waals surface area (Å²) in [7, 11) is 1.58. The van der Waals surface area contributed by atoms with Crippen molar-refractivity contribution in [3.63, 3.8) is 0 Å². The monoisotopic (exact) mass is 341 g/mol. The molecule has 0 bridgehead atoms. The van der Waals surface area contributed by atoms with Crippen molar-refractivity contribution < 1.29 is 4.74 Å². The van der Waals surface area contributed by atoms with E-state index in [2.05, 4.69) is 26.3 Å². The third kappa shape index (κ3) is 3.25. The second-order valence-corrected chi connectivity index (χ2v) is 5.22. The zero-order chi connectivity index (χ0) is 13.8. The standard InChI is InChI=1S/C13H13BrClN3O/c1-19-12-6-8(2-4-10(12)15)13(18-16)11-5-3-9(14)7-17-11/h2-7,13,18H,16H2,1H3. The highest BCUT2D eigenvalue weighted by Gasteiger charge is 2.15. The molecule has 0 radical (unpaired) electrons. The molecule has 100 valence electrons. The molecule has 0 saturated carbocycles. The molecule has 0 amide bonds. The van der Waals surface area contributed by atoms with Gasteiger partial charge in [-0.2, -0.15) is 0 Å². The first-order chi connectivity index (χ1) is 9.15. The summed E-state index contributed by atoms with van der Waals surface area (Å²) >= 11 is 9.37. The first kappa shape index (κ1) is 14.3. The summed E-state index contributed by atoms with van der Waals surface area (Å²) in [6.07, 6.45) is 1.73. The Bertz CT molecular complexity index is 562. The maximum absolute atomic E-state index is 6.01. The lowest BCUT2D eigenvalue weighted by atomic mass is 10.0. The lowest BCUT2D eigenvalue weighted by Crippen LogP contribution is -2.29. The molecular weight excluding hydrogens is 330 g/mol. The first-order valence-electron chi connectivity index (χ1n) is 5.56. The third-order valence-electron chi connectivity index (χ3n) is 2.72. The summed E-state index contributed by atoms with van der Waals surface area (Å²) in [6, 6.07) is 9.10. The number of aromatic nitrogens is 1. The predicted octanol–water partition coefficient (Wildman–Crippen LogP) is 3.06. The Balaban J connectivity index is 2.39. The minimum Gasteiger partial charge on any atom is -0.495 e. The van der Waals surface area contributed by atoms with Gasteiger partial charge in [-0.15, -0.1) is 0 Å². The Kier molecular flexibility index (Phi) is 4.76. The molecular formula is C13H13BrClN3O. The Hall–Kier alpha value is -1.14. The number of benzene rings is 1. The Morgan fingerprint density at radius 2 is 2.16 bits per heavy atom. The highest BCUT2D eigenvalue weighted by Crippen LogP contribution is 2.29. The van der Waals surface area contributed by atoms with E-state index in [4.69, 9.17) is 22.2 Å². The fraction of sp³-hybridized carbons (Fsp3) is 0.154. The van der Waals surface area contributed by atoms with E-state index in [1.165, 1.54) is 0 Å². The van der Waals surface area contributed by atoms with Crippen molar-refractivity contribution >= 4 is 27.5 Å². The smallest absolute Gasteiger partial charge is 0.137 e. The Morgan fingerprint density at radius 3 is 2.74 bits per heavy atom. The van der Waals surface area contributed by atoms with Crippen LogP contribution in [-0.2, 0) is 0 Å². The third-order valence-corrected chi connectivity index (χ3v) is 3.50. The molecule has 2 aromatic rings. The quantitative estimate of drug-likeness (QED) is 0.662. The summed E-state index contributed by atoms with van der Waals surface area (Å²) in [6.45, 7) is 0. The molecule has 0 aliphatic heterocycles. The van der Waals surface area contributed by atoms with E-state index in [0.29, 0.717) is 10.8 Å². The van der Waals surface area contributed by atoms with Crippen LogP contribution in [-0.4, -0.2) is 12.1 Å². The van der Waals surface area contributed by atoms with Gasteiger partial charge in [0.2, 0.25) is 0 Å². The van der Waals surface area contributed by atoms with E-state index in [1.807, 2.05) is 24.3 Å². The highest BCUT2D eigenvalue weighted by molar-refractivity contribution is 9.10. The molecule has 0 fully saturated rings. The zero-order valence-corrected chi connectivity index (χ0v) is 12.6. The van der Waals surface area contributed by atoms with Crippen molar-refractivity contribution in [2.24, 2.45) is 5.84 Å². The summed E-state index contributed by atoms with van der Waals surface area (Å²) in [5, 5.41) is 0.561. The molecule has 19 heavy (non-hydrogen) atoms. The number of nitrogens with zero attached hydrogens (tertiary/aromatic N) is 1. The lowest BCUT2D eigenvalue weighted by molar-refractivity contribution is 0.414. The molecule has 1 unspecified atom stereocenters. The highest BCUT2D eigenvalue weighted by atomic mass is 79.9. The molecule has 0 saturated heterocycles. The van der Waals surface area contributed by atoms with Crippen LogP contribution in [0.15, 0.2) is 41.0 Å². The molecule has 0 aliphatic carbocycles. The summed E-state index contributed by atoms with van der Waals surface area (Å²) < 4.78 is 6.12. The average molecular weight is 343 g/mol. The Morgan fingerprint density at radius 1 is 1.37 bits per heavy atom. The van der Waals surface area contributed by atoms with Crippen LogP contribution in [0, 0.1) is 0 Å². The van der Waals surface area contributed by atoms with Gasteiger partial charge in [0.15, 0.2) is 0 Å². The number of pyridine rings is 1. The summed E-state index contributed by atoms with van der Waals surface area (Å²) in [4.78, 5) is 4.34. The van der Waals surface area contributed by atoms with Gasteiger partial charge >= 0.3 is 0 Å². The fourth-order valence-corrected chi connectivity index (χ4v) is 2.20. The molecule has 1 atom stereocenters. The van der Waals surface area contributed by atoms with Crippen LogP contribution in [0.4, 0.5) is 0 Å². The molecule has 2 rings (SSSR count). The van der Waals surface area contributed by atoms with Crippen LogP contribution in [0.5, 0.6) is 5.75 Å². The molecule has 0 aliphatic rings. The van der Waals surface area contributed by atoms with E-state index in [9.17, 15) is 0 Å². The van der Waals surface area contributed by atoms with Crippen molar-refractivity contribution in [2.45, 2.75) is 6.04 Å². The van der Waals surface area contributed by atoms with E-state index in [0.717, 1.165) is 15.7 Å². The van der Waals surface area contributed by atoms with E-state index < -0.39 is 0 Å². The van der Waals surface area contributed by atoms with Gasteiger partial charge in [-0.25, -0.2) is 5.43 Å². The van der Waals surface area contributed by atoms with Gasteiger partial charge in [0.05, 0.1) is 23.9 Å². The van der Waals surface area contributed by atoms with Crippen LogP contribution in [0.2, 0.25) is 5.02 Å². The van der Waals surface area contributed by atoms with Gasteiger partial charge in [-0.3, -0.25) is 10.8 Å². The van der Waals surface area contributed by atoms with Crippen LogP contribution >= 0.6 is 27.5 Å². The van der Waals surface area contributed by atoms with Crippen molar-refractivity contribution in [2.75, 3.05) is 7.11 Å². The van der Waals surface area contributed by atoms with Crippen LogP contribution in [0.3, 0.4) is 0 Å². The van der Waals surface area contributed by atoms with E-state index >= 15 is 0 Å². The van der Waals surface area contributed by atoms with Crippen molar-refractivity contribution in [3.8, 4) is 5.75 Å². The van der Waals surface area contributed by atoms with Crippen molar-refractivity contribution in [3.05, 3.63) is 57.3 Å². The van der Waals surface area contributed by atoms with Crippen LogP contribution in [0.1, 0.15) is 17.3 Å². The van der Waals surface area contributed by atoms with Gasteiger partial charge in [0.1, 0.15) is 5.75 Å². The van der Waals surface area contributed by atoms with Gasteiger partial charge in [-0.1, -0.05) is 17.7 Å². The lowest BCUT2D eigenvalue weighted by Gasteiger charge is -2.17. The molecule has 3 N–H and O–H groups in total. The van der Waals surface area contributed by atoms with Crippen molar-refractivity contribution in [1.82, 2.24) is 10.4 Å². The Labute approximate surface area is 125 Å². The summed E-state index contributed by atoms with van der Waals surface area (Å²) in [5.74, 6) is 6.24. The van der Waals surface area contributed by atoms with Crippen LogP contribution < -0.4 is 16.0 Å². The minimum atomic E-state index is -0.223. The summed E-state index contributed by atoms with van der Waals surface area (Å²) in [5.41, 5.74) is 4.49. The zero-order valence-electron chi connectivity index (χ0n) is 10.2. The minimum absolute atomic E-state index is 0.223. The van der Waals surface area contributed by atoms with Gasteiger partial charge in [-0.05, 0) is 45.8 Å². The molecule has 6 heteroatoms. The second kappa shape index (κ2) is 6.34. The number of halogens is 2. The predicted molar refractivity (Wildman–Crippen MR) is 79.1 cm³/mol. The average Bonchev–Trinajstić information content (AvgIpc) is 2.43. The number of rotatable bonds is 4. The molecule has 1 heterocycles. The van der Waals surface area contributed by atoms with E-state index in [-0.39, 0.29) is 6.04 Å². The molecule has 1 aromatic carbocycles. The fourth-order valence-electron chi connectivity index (χ4n) is 1.77. The molecule has 1 aromatic heterocycles. The number of nitrogens with two attached hydrogens (primary N) is 1. The van der Waals surface area contributed by atoms with Gasteiger partial charge in [0.25, 0.3) is 0 Å².